The molecule has 5 nitrogen and oxygen atoms in total. The summed E-state index contributed by atoms with van der Waals surface area (Å²) in [6.07, 6.45) is 3.50. The molecule has 2 N–H and O–H groups in total. The van der Waals surface area contributed by atoms with Crippen LogP contribution in [0.1, 0.15) is 17.1 Å². The Morgan fingerprint density at radius 1 is 1.00 bits per heavy atom. The topological polar surface area (TPSA) is 70.2 Å². The van der Waals surface area contributed by atoms with Gasteiger partial charge in [0.1, 0.15) is 17.5 Å². The van der Waals surface area contributed by atoms with E-state index in [-0.39, 0.29) is 11.6 Å². The summed E-state index contributed by atoms with van der Waals surface area (Å²) >= 11 is 0. The van der Waals surface area contributed by atoms with E-state index in [1.807, 2.05) is 0 Å². The number of aryl methyl sites for hydroxylation is 1. The van der Waals surface area contributed by atoms with Crippen LogP contribution in [-0.4, -0.2) is 25.4 Å². The lowest BCUT2D eigenvalue weighted by Gasteiger charge is -1.99. The summed E-state index contributed by atoms with van der Waals surface area (Å²) in [5, 5.41) is 14.4. The second kappa shape index (κ2) is 5.94. The maximum atomic E-state index is 14.3. The molecular weight excluding hydrogens is 324 g/mol. The Morgan fingerprint density at radius 2 is 1.88 bits per heavy atom. The zero-order valence-electron chi connectivity index (χ0n) is 13.2. The van der Waals surface area contributed by atoms with Gasteiger partial charge in [-0.1, -0.05) is 18.2 Å². The molecule has 0 atom stereocenters. The molecule has 0 amide bonds. The number of benzene rings is 2. The van der Waals surface area contributed by atoms with Crippen molar-refractivity contribution in [2.24, 2.45) is 0 Å². The van der Waals surface area contributed by atoms with E-state index in [1.54, 1.807) is 37.3 Å². The van der Waals surface area contributed by atoms with Gasteiger partial charge in [-0.15, -0.1) is 0 Å². The van der Waals surface area contributed by atoms with Crippen molar-refractivity contribution in [2.45, 2.75) is 6.92 Å². The van der Waals surface area contributed by atoms with Gasteiger partial charge in [0, 0.05) is 11.5 Å². The van der Waals surface area contributed by atoms with E-state index in [9.17, 15) is 8.78 Å². The molecule has 4 aromatic rings. The highest BCUT2D eigenvalue weighted by molar-refractivity contribution is 5.92. The Morgan fingerprint density at radius 3 is 2.64 bits per heavy atom. The van der Waals surface area contributed by atoms with Crippen LogP contribution in [0, 0.1) is 18.6 Å². The number of fused-ring (bicyclic) bond motifs is 1. The van der Waals surface area contributed by atoms with E-state index in [0.717, 1.165) is 5.39 Å². The summed E-state index contributed by atoms with van der Waals surface area (Å²) < 4.78 is 27.6. The van der Waals surface area contributed by atoms with Gasteiger partial charge in [0.25, 0.3) is 0 Å². The number of hydrogen-bond donors (Lipinski definition) is 2. The maximum Gasteiger partial charge on any atom is 0.184 e. The highest BCUT2D eigenvalue weighted by Crippen LogP contribution is 2.27. The summed E-state index contributed by atoms with van der Waals surface area (Å²) in [4.78, 5) is 4.17. The molecule has 0 saturated heterocycles. The molecule has 25 heavy (non-hydrogen) atoms. The first-order valence-corrected chi connectivity index (χ1v) is 7.61. The second-order valence-electron chi connectivity index (χ2n) is 5.62. The maximum absolute atomic E-state index is 14.3. The Hall–Kier alpha value is -3.35. The molecule has 0 spiro atoms. The molecule has 124 valence electrons. The van der Waals surface area contributed by atoms with Crippen LogP contribution in [0.15, 0.2) is 36.4 Å². The quantitative estimate of drug-likeness (QED) is 0.591. The smallest absolute Gasteiger partial charge is 0.184 e. The SMILES string of the molecule is Cc1nc(-c2cc3c(C=Cc4cccc(F)c4)n[nH]c3cc2F)n[nH]1. The van der Waals surface area contributed by atoms with Gasteiger partial charge in [0.05, 0.1) is 16.8 Å². The molecule has 2 aromatic heterocycles. The number of aromatic nitrogens is 5. The van der Waals surface area contributed by atoms with Crippen molar-refractivity contribution < 1.29 is 8.78 Å². The molecule has 0 radical (unpaired) electrons. The number of hydrogen-bond acceptors (Lipinski definition) is 3. The molecule has 0 aliphatic carbocycles. The van der Waals surface area contributed by atoms with Crippen molar-refractivity contribution in [2.75, 3.05) is 0 Å². The molecular formula is C18H13F2N5. The van der Waals surface area contributed by atoms with E-state index in [0.29, 0.717) is 28.2 Å². The lowest BCUT2D eigenvalue weighted by atomic mass is 10.1. The van der Waals surface area contributed by atoms with Gasteiger partial charge in [-0.3, -0.25) is 10.2 Å². The highest BCUT2D eigenvalue weighted by atomic mass is 19.1. The summed E-state index contributed by atoms with van der Waals surface area (Å²) in [5.74, 6) is 0.153. The van der Waals surface area contributed by atoms with Crippen LogP contribution in [-0.2, 0) is 0 Å². The molecule has 0 aliphatic heterocycles. The second-order valence-corrected chi connectivity index (χ2v) is 5.62. The number of H-pyrrole nitrogens is 2. The molecule has 2 aromatic carbocycles. The Bertz CT molecular complexity index is 1090. The van der Waals surface area contributed by atoms with E-state index in [2.05, 4.69) is 25.4 Å². The number of nitrogens with one attached hydrogen (secondary N) is 2. The highest BCUT2D eigenvalue weighted by Gasteiger charge is 2.14. The third-order valence-electron chi connectivity index (χ3n) is 3.80. The normalized spacial score (nSPS) is 11.6. The third-order valence-corrected chi connectivity index (χ3v) is 3.80. The third kappa shape index (κ3) is 2.91. The van der Waals surface area contributed by atoms with Crippen molar-refractivity contribution >= 4 is 23.1 Å². The Labute approximate surface area is 141 Å². The Kier molecular flexibility index (Phi) is 3.61. The van der Waals surface area contributed by atoms with Crippen LogP contribution in [0.3, 0.4) is 0 Å². The van der Waals surface area contributed by atoms with E-state index in [4.69, 9.17) is 0 Å². The Balaban J connectivity index is 1.77. The largest absolute Gasteiger partial charge is 0.277 e. The lowest BCUT2D eigenvalue weighted by molar-refractivity contribution is 0.627. The molecule has 4 rings (SSSR count). The van der Waals surface area contributed by atoms with Crippen molar-refractivity contribution in [1.29, 1.82) is 0 Å². The van der Waals surface area contributed by atoms with Crippen molar-refractivity contribution in [3.63, 3.8) is 0 Å². The average molecular weight is 337 g/mol. The van der Waals surface area contributed by atoms with Crippen LogP contribution in [0.2, 0.25) is 0 Å². The van der Waals surface area contributed by atoms with E-state index >= 15 is 0 Å². The molecule has 0 unspecified atom stereocenters. The van der Waals surface area contributed by atoms with Gasteiger partial charge in [0.2, 0.25) is 0 Å². The molecule has 0 bridgehead atoms. The fourth-order valence-corrected chi connectivity index (χ4v) is 2.61. The fourth-order valence-electron chi connectivity index (χ4n) is 2.61. The number of rotatable bonds is 3. The number of aromatic amines is 2. The lowest BCUT2D eigenvalue weighted by Crippen LogP contribution is -1.87. The van der Waals surface area contributed by atoms with Crippen molar-refractivity contribution in [3.8, 4) is 11.4 Å². The molecule has 0 aliphatic rings. The number of nitrogens with zero attached hydrogens (tertiary/aromatic N) is 3. The van der Waals surface area contributed by atoms with Gasteiger partial charge in [0.15, 0.2) is 5.82 Å². The van der Waals surface area contributed by atoms with Crippen molar-refractivity contribution in [1.82, 2.24) is 25.4 Å². The average Bonchev–Trinajstić information content (AvgIpc) is 3.18. The molecule has 0 fully saturated rings. The van der Waals surface area contributed by atoms with Gasteiger partial charge in [-0.25, -0.2) is 13.8 Å². The van der Waals surface area contributed by atoms with Crippen molar-refractivity contribution in [3.05, 3.63) is 65.1 Å². The standard InChI is InChI=1S/C18H13F2N5/c1-10-21-18(25-22-10)13-8-14-16(23-24-17(14)9-15(13)20)6-5-11-3-2-4-12(19)7-11/h2-9H,1H3,(H,23,24)(H,21,22,25). The van der Waals surface area contributed by atoms with Crippen LogP contribution in [0.5, 0.6) is 0 Å². The van der Waals surface area contributed by atoms with Gasteiger partial charge < -0.3 is 0 Å². The summed E-state index contributed by atoms with van der Waals surface area (Å²) in [6.45, 7) is 1.75. The predicted molar refractivity (Wildman–Crippen MR) is 91.5 cm³/mol. The van der Waals surface area contributed by atoms with Gasteiger partial charge in [-0.2, -0.15) is 10.2 Å². The van der Waals surface area contributed by atoms with E-state index in [1.165, 1.54) is 18.2 Å². The molecule has 0 saturated carbocycles. The first-order valence-electron chi connectivity index (χ1n) is 7.61. The molecule has 2 heterocycles. The minimum absolute atomic E-state index is 0.290. The minimum Gasteiger partial charge on any atom is -0.277 e. The minimum atomic E-state index is -0.434. The summed E-state index contributed by atoms with van der Waals surface area (Å²) in [6, 6.07) is 9.25. The van der Waals surface area contributed by atoms with E-state index < -0.39 is 5.82 Å². The fraction of sp³-hybridized carbons (Fsp3) is 0.0556. The predicted octanol–water partition coefficient (Wildman–Crippen LogP) is 4.11. The molecule has 7 heteroatoms. The summed E-state index contributed by atoms with van der Waals surface area (Å²) in [7, 11) is 0. The number of halogens is 2. The van der Waals surface area contributed by atoms with Crippen LogP contribution in [0.4, 0.5) is 8.78 Å². The summed E-state index contributed by atoms with van der Waals surface area (Å²) in [5.41, 5.74) is 2.18. The van der Waals surface area contributed by atoms with Crippen LogP contribution >= 0.6 is 0 Å². The monoisotopic (exact) mass is 337 g/mol. The van der Waals surface area contributed by atoms with Crippen LogP contribution < -0.4 is 0 Å². The first kappa shape index (κ1) is 15.2. The van der Waals surface area contributed by atoms with Gasteiger partial charge in [-0.05, 0) is 36.8 Å². The zero-order valence-corrected chi connectivity index (χ0v) is 13.2. The zero-order chi connectivity index (χ0) is 17.4. The van der Waals surface area contributed by atoms with Gasteiger partial charge >= 0.3 is 0 Å². The first-order chi connectivity index (χ1) is 12.1. The van der Waals surface area contributed by atoms with Crippen LogP contribution in [0.25, 0.3) is 34.4 Å².